The van der Waals surface area contributed by atoms with Crippen LogP contribution in [-0.2, 0) is 12.1 Å². The summed E-state index contributed by atoms with van der Waals surface area (Å²) in [5.74, 6) is 0.0354. The Morgan fingerprint density at radius 2 is 1.72 bits per heavy atom. The van der Waals surface area contributed by atoms with Crippen molar-refractivity contribution in [1.29, 1.82) is 0 Å². The standard InChI is InChI=1S/C27H23ClFN5O2/c28-20-9-7-19(8-10-20)27(13-14-27)32-26(36)31-22-5-1-3-18(15-22)17-34-25(35)12-11-24(33-34)30-23-6-2-4-21(29)16-23/h1-12,15-16H,13-14,17H2,(H,30,33)(H2,31,32,36). The van der Waals surface area contributed by atoms with E-state index >= 15 is 0 Å². The summed E-state index contributed by atoms with van der Waals surface area (Å²) in [5.41, 5.74) is 2.26. The van der Waals surface area contributed by atoms with Crippen LogP contribution in [0.1, 0.15) is 24.0 Å². The van der Waals surface area contributed by atoms with Crippen molar-refractivity contribution in [2.75, 3.05) is 10.6 Å². The molecule has 1 aromatic heterocycles. The van der Waals surface area contributed by atoms with E-state index in [1.807, 2.05) is 30.3 Å². The molecule has 0 atom stereocenters. The van der Waals surface area contributed by atoms with Gasteiger partial charge in [0, 0.05) is 22.5 Å². The zero-order chi connectivity index (χ0) is 25.1. The molecule has 0 spiro atoms. The van der Waals surface area contributed by atoms with Crippen LogP contribution in [0.3, 0.4) is 0 Å². The lowest BCUT2D eigenvalue weighted by molar-refractivity contribution is 0.247. The van der Waals surface area contributed by atoms with Gasteiger partial charge in [-0.3, -0.25) is 4.79 Å². The molecule has 0 bridgehead atoms. The van der Waals surface area contributed by atoms with E-state index in [-0.39, 0.29) is 29.5 Å². The summed E-state index contributed by atoms with van der Waals surface area (Å²) in [5, 5.41) is 13.9. The van der Waals surface area contributed by atoms with E-state index in [9.17, 15) is 14.0 Å². The van der Waals surface area contributed by atoms with Crippen LogP contribution in [0.4, 0.5) is 26.4 Å². The molecule has 1 heterocycles. The minimum Gasteiger partial charge on any atom is -0.339 e. The van der Waals surface area contributed by atoms with Crippen LogP contribution in [0.15, 0.2) is 89.7 Å². The van der Waals surface area contributed by atoms with Crippen LogP contribution in [-0.4, -0.2) is 15.8 Å². The normalized spacial score (nSPS) is 13.6. The predicted molar refractivity (Wildman–Crippen MR) is 138 cm³/mol. The number of rotatable bonds is 7. The number of nitrogens with one attached hydrogen (secondary N) is 3. The van der Waals surface area contributed by atoms with Gasteiger partial charge < -0.3 is 16.0 Å². The molecule has 0 aliphatic heterocycles. The predicted octanol–water partition coefficient (Wildman–Crippen LogP) is 5.64. The zero-order valence-corrected chi connectivity index (χ0v) is 19.9. The van der Waals surface area contributed by atoms with Gasteiger partial charge in [0.1, 0.15) is 5.82 Å². The quantitative estimate of drug-likeness (QED) is 0.304. The maximum atomic E-state index is 13.5. The van der Waals surface area contributed by atoms with Gasteiger partial charge in [-0.25, -0.2) is 13.9 Å². The Morgan fingerprint density at radius 1 is 0.972 bits per heavy atom. The molecular formula is C27H23ClFN5O2. The Hall–Kier alpha value is -4.17. The molecule has 2 amide bonds. The molecule has 0 unspecified atom stereocenters. The monoisotopic (exact) mass is 503 g/mol. The highest BCUT2D eigenvalue weighted by Crippen LogP contribution is 2.45. The molecular weight excluding hydrogens is 481 g/mol. The summed E-state index contributed by atoms with van der Waals surface area (Å²) in [7, 11) is 0. The fourth-order valence-electron chi connectivity index (χ4n) is 4.02. The van der Waals surface area contributed by atoms with Gasteiger partial charge in [0.15, 0.2) is 5.82 Å². The Balaban J connectivity index is 1.26. The maximum Gasteiger partial charge on any atom is 0.319 e. The van der Waals surface area contributed by atoms with Gasteiger partial charge in [0.25, 0.3) is 5.56 Å². The number of amides is 2. The molecule has 7 nitrogen and oxygen atoms in total. The van der Waals surface area contributed by atoms with Crippen molar-refractivity contribution in [3.05, 3.63) is 117 Å². The number of halogens is 2. The third-order valence-electron chi connectivity index (χ3n) is 5.98. The first-order valence-electron chi connectivity index (χ1n) is 11.4. The highest BCUT2D eigenvalue weighted by Gasteiger charge is 2.45. The van der Waals surface area contributed by atoms with Crippen molar-refractivity contribution in [2.24, 2.45) is 0 Å². The molecule has 9 heteroatoms. The lowest BCUT2D eigenvalue weighted by atomic mass is 10.1. The van der Waals surface area contributed by atoms with Crippen molar-refractivity contribution >= 4 is 34.8 Å². The minimum absolute atomic E-state index is 0.198. The molecule has 36 heavy (non-hydrogen) atoms. The number of carbonyl (C=O) groups excluding carboxylic acids is 1. The van der Waals surface area contributed by atoms with Gasteiger partial charge in [-0.1, -0.05) is 41.9 Å². The number of urea groups is 1. The van der Waals surface area contributed by atoms with E-state index in [2.05, 4.69) is 21.0 Å². The fourth-order valence-corrected chi connectivity index (χ4v) is 4.15. The highest BCUT2D eigenvalue weighted by atomic mass is 35.5. The molecule has 1 aliphatic carbocycles. The summed E-state index contributed by atoms with van der Waals surface area (Å²) >= 11 is 5.99. The van der Waals surface area contributed by atoms with Crippen LogP contribution >= 0.6 is 11.6 Å². The number of hydrogen-bond acceptors (Lipinski definition) is 4. The summed E-state index contributed by atoms with van der Waals surface area (Å²) in [6.45, 7) is 0.198. The van der Waals surface area contributed by atoms with Gasteiger partial charge in [-0.2, -0.15) is 5.10 Å². The summed E-state index contributed by atoms with van der Waals surface area (Å²) in [4.78, 5) is 25.1. The molecule has 1 saturated carbocycles. The van der Waals surface area contributed by atoms with E-state index < -0.39 is 0 Å². The second kappa shape index (κ2) is 9.83. The van der Waals surface area contributed by atoms with Gasteiger partial charge in [-0.05, 0) is 72.5 Å². The number of anilines is 3. The van der Waals surface area contributed by atoms with E-state index in [0.717, 1.165) is 24.0 Å². The summed E-state index contributed by atoms with van der Waals surface area (Å²) in [6.07, 6.45) is 1.72. The third-order valence-corrected chi connectivity index (χ3v) is 6.23. The van der Waals surface area contributed by atoms with Crippen LogP contribution in [0.5, 0.6) is 0 Å². The Bertz CT molecular complexity index is 1470. The topological polar surface area (TPSA) is 88.1 Å². The van der Waals surface area contributed by atoms with Crippen LogP contribution in [0.2, 0.25) is 5.02 Å². The van der Waals surface area contributed by atoms with Crippen molar-refractivity contribution in [1.82, 2.24) is 15.1 Å². The first-order valence-corrected chi connectivity index (χ1v) is 11.8. The number of hydrogen-bond donors (Lipinski definition) is 3. The second-order valence-corrected chi connectivity index (χ2v) is 9.15. The lowest BCUT2D eigenvalue weighted by Gasteiger charge is -2.19. The van der Waals surface area contributed by atoms with E-state index in [1.54, 1.807) is 36.4 Å². The maximum absolute atomic E-state index is 13.5. The Labute approximate surface area is 211 Å². The molecule has 0 radical (unpaired) electrons. The number of benzene rings is 3. The van der Waals surface area contributed by atoms with E-state index in [0.29, 0.717) is 22.2 Å². The van der Waals surface area contributed by atoms with Gasteiger partial charge in [0.2, 0.25) is 0 Å². The largest absolute Gasteiger partial charge is 0.339 e. The summed E-state index contributed by atoms with van der Waals surface area (Å²) < 4.78 is 14.8. The highest BCUT2D eigenvalue weighted by molar-refractivity contribution is 6.30. The molecule has 4 aromatic rings. The molecule has 5 rings (SSSR count). The number of nitrogens with zero attached hydrogens (tertiary/aromatic N) is 2. The second-order valence-electron chi connectivity index (χ2n) is 8.72. The van der Waals surface area contributed by atoms with Crippen LogP contribution in [0.25, 0.3) is 0 Å². The minimum atomic E-state index is -0.376. The van der Waals surface area contributed by atoms with Crippen LogP contribution < -0.4 is 21.5 Å². The van der Waals surface area contributed by atoms with Crippen molar-refractivity contribution in [2.45, 2.75) is 24.9 Å². The molecule has 3 aromatic carbocycles. The number of aromatic nitrogens is 2. The average molecular weight is 504 g/mol. The lowest BCUT2D eigenvalue weighted by Crippen LogP contribution is -2.38. The zero-order valence-electron chi connectivity index (χ0n) is 19.2. The SMILES string of the molecule is O=C(Nc1cccc(Cn2nc(Nc3cccc(F)c3)ccc2=O)c1)NC1(c2ccc(Cl)cc2)CC1. The fraction of sp³-hybridized carbons (Fsp3) is 0.148. The first kappa shape index (κ1) is 23.6. The van der Waals surface area contributed by atoms with Crippen molar-refractivity contribution < 1.29 is 9.18 Å². The Kier molecular flexibility index (Phi) is 6.43. The molecule has 0 saturated heterocycles. The molecule has 1 aliphatic rings. The van der Waals surface area contributed by atoms with E-state index in [4.69, 9.17) is 11.6 Å². The Morgan fingerprint density at radius 3 is 2.47 bits per heavy atom. The van der Waals surface area contributed by atoms with Crippen LogP contribution in [0, 0.1) is 5.82 Å². The average Bonchev–Trinajstić information content (AvgIpc) is 3.62. The van der Waals surface area contributed by atoms with Gasteiger partial charge in [0.05, 0.1) is 12.1 Å². The molecule has 3 N–H and O–H groups in total. The van der Waals surface area contributed by atoms with Gasteiger partial charge >= 0.3 is 6.03 Å². The molecule has 182 valence electrons. The van der Waals surface area contributed by atoms with Gasteiger partial charge in [-0.15, -0.1) is 0 Å². The smallest absolute Gasteiger partial charge is 0.319 e. The third kappa shape index (κ3) is 5.55. The van der Waals surface area contributed by atoms with Crippen molar-refractivity contribution in [3.63, 3.8) is 0 Å². The summed E-state index contributed by atoms with van der Waals surface area (Å²) in [6, 6.07) is 23.3. The van der Waals surface area contributed by atoms with E-state index in [1.165, 1.54) is 22.9 Å². The number of carbonyl (C=O) groups is 1. The molecule has 1 fully saturated rings. The first-order chi connectivity index (χ1) is 17.4. The van der Waals surface area contributed by atoms with Crippen molar-refractivity contribution in [3.8, 4) is 0 Å².